The van der Waals surface area contributed by atoms with Gasteiger partial charge in [0.2, 0.25) is 0 Å². The van der Waals surface area contributed by atoms with E-state index in [0.29, 0.717) is 11.9 Å². The normalized spacial score (nSPS) is 21.5. The maximum Gasteiger partial charge on any atom is 0.0374 e. The predicted octanol–water partition coefficient (Wildman–Crippen LogP) is 1.30. The predicted molar refractivity (Wildman–Crippen MR) is 53.9 cm³/mol. The minimum Gasteiger partial charge on any atom is -0.312 e. The van der Waals surface area contributed by atoms with Gasteiger partial charge in [-0.15, -0.1) is 11.6 Å². The molecular weight excluding hydrogens is 172 g/mol. The molecule has 0 aromatic rings. The molecule has 1 aliphatic heterocycles. The van der Waals surface area contributed by atoms with Crippen LogP contribution >= 0.6 is 11.6 Å². The molecule has 1 saturated heterocycles. The molecule has 1 unspecified atom stereocenters. The first-order valence-corrected chi connectivity index (χ1v) is 5.38. The lowest BCUT2D eigenvalue weighted by Gasteiger charge is -2.16. The molecule has 1 rings (SSSR count). The molecule has 3 heteroatoms. The zero-order valence-electron chi connectivity index (χ0n) is 7.85. The van der Waals surface area contributed by atoms with E-state index in [1.807, 2.05) is 0 Å². The monoisotopic (exact) mass is 190 g/mol. The summed E-state index contributed by atoms with van der Waals surface area (Å²) in [5.74, 6) is 0.708. The molecule has 0 aromatic heterocycles. The van der Waals surface area contributed by atoms with Gasteiger partial charge in [-0.3, -0.25) is 0 Å². The van der Waals surface area contributed by atoms with Crippen LogP contribution in [0.4, 0.5) is 0 Å². The van der Waals surface area contributed by atoms with Gasteiger partial charge in [-0.25, -0.2) is 0 Å². The third kappa shape index (κ3) is 3.74. The first-order chi connectivity index (χ1) is 5.83. The Morgan fingerprint density at radius 2 is 2.08 bits per heavy atom. The number of alkyl halides is 1. The van der Waals surface area contributed by atoms with Crippen LogP contribution in [0.5, 0.6) is 0 Å². The van der Waals surface area contributed by atoms with Crippen LogP contribution in [0.2, 0.25) is 0 Å². The van der Waals surface area contributed by atoms with Crippen LogP contribution in [-0.4, -0.2) is 43.0 Å². The Bertz CT molecular complexity index is 113. The molecule has 0 aliphatic carbocycles. The van der Waals surface area contributed by atoms with Crippen LogP contribution in [0.3, 0.4) is 0 Å². The van der Waals surface area contributed by atoms with Crippen molar-refractivity contribution in [2.45, 2.75) is 25.8 Å². The molecular formula is C9H19ClN2. The Hall–Kier alpha value is 0.210. The molecule has 72 valence electrons. The molecule has 2 nitrogen and oxygen atoms in total. The zero-order chi connectivity index (χ0) is 8.81. The van der Waals surface area contributed by atoms with Gasteiger partial charge in [-0.05, 0) is 32.9 Å². The van der Waals surface area contributed by atoms with Gasteiger partial charge in [-0.2, -0.15) is 0 Å². The highest BCUT2D eigenvalue weighted by Gasteiger charge is 2.10. The topological polar surface area (TPSA) is 15.3 Å². The van der Waals surface area contributed by atoms with Gasteiger partial charge >= 0.3 is 0 Å². The number of hydrogen-bond donors (Lipinski definition) is 1. The molecule has 1 aliphatic rings. The Labute approximate surface area is 80.3 Å². The Kier molecular flexibility index (Phi) is 4.96. The van der Waals surface area contributed by atoms with Crippen molar-refractivity contribution in [2.24, 2.45) is 0 Å². The van der Waals surface area contributed by atoms with Crippen LogP contribution in [0.15, 0.2) is 0 Å². The average molecular weight is 191 g/mol. The second-order valence-electron chi connectivity index (χ2n) is 3.56. The molecule has 0 radical (unpaired) electrons. The van der Waals surface area contributed by atoms with Gasteiger partial charge in [0.05, 0.1) is 0 Å². The molecule has 0 bridgehead atoms. The Balaban J connectivity index is 1.94. The number of hydrogen-bond acceptors (Lipinski definition) is 2. The third-order valence-corrected chi connectivity index (χ3v) is 2.81. The van der Waals surface area contributed by atoms with Crippen molar-refractivity contribution in [1.29, 1.82) is 0 Å². The SMILES string of the molecule is CC(CCl)NCCN1CCCC1. The van der Waals surface area contributed by atoms with Crippen molar-refractivity contribution < 1.29 is 0 Å². The second kappa shape index (κ2) is 5.79. The van der Waals surface area contributed by atoms with Crippen molar-refractivity contribution in [3.8, 4) is 0 Å². The van der Waals surface area contributed by atoms with Gasteiger partial charge in [0.15, 0.2) is 0 Å². The van der Waals surface area contributed by atoms with Crippen molar-refractivity contribution in [1.82, 2.24) is 10.2 Å². The number of rotatable bonds is 5. The summed E-state index contributed by atoms with van der Waals surface area (Å²) in [5.41, 5.74) is 0. The summed E-state index contributed by atoms with van der Waals surface area (Å²) >= 11 is 5.67. The maximum atomic E-state index is 5.67. The fourth-order valence-corrected chi connectivity index (χ4v) is 1.64. The standard InChI is InChI=1S/C9H19ClN2/c1-9(8-10)11-4-7-12-5-2-3-6-12/h9,11H,2-8H2,1H3. The van der Waals surface area contributed by atoms with E-state index in [9.17, 15) is 0 Å². The van der Waals surface area contributed by atoms with Gasteiger partial charge in [-0.1, -0.05) is 0 Å². The summed E-state index contributed by atoms with van der Waals surface area (Å²) < 4.78 is 0. The third-order valence-electron chi connectivity index (χ3n) is 2.35. The molecule has 12 heavy (non-hydrogen) atoms. The van der Waals surface area contributed by atoms with Gasteiger partial charge in [0.1, 0.15) is 0 Å². The second-order valence-corrected chi connectivity index (χ2v) is 3.87. The fourth-order valence-electron chi connectivity index (χ4n) is 1.53. The lowest BCUT2D eigenvalue weighted by molar-refractivity contribution is 0.331. The summed E-state index contributed by atoms with van der Waals surface area (Å²) in [6.45, 7) is 6.96. The molecule has 0 aromatic carbocycles. The summed E-state index contributed by atoms with van der Waals surface area (Å²) in [6.07, 6.45) is 2.76. The lowest BCUT2D eigenvalue weighted by Crippen LogP contribution is -2.35. The number of nitrogens with one attached hydrogen (secondary N) is 1. The van der Waals surface area contributed by atoms with Gasteiger partial charge < -0.3 is 10.2 Å². The number of halogens is 1. The summed E-state index contributed by atoms with van der Waals surface area (Å²) in [5, 5.41) is 3.39. The van der Waals surface area contributed by atoms with Crippen LogP contribution in [0.1, 0.15) is 19.8 Å². The van der Waals surface area contributed by atoms with E-state index in [2.05, 4.69) is 17.1 Å². The molecule has 1 N–H and O–H groups in total. The molecule has 1 heterocycles. The van der Waals surface area contributed by atoms with E-state index in [1.54, 1.807) is 0 Å². The highest BCUT2D eigenvalue weighted by Crippen LogP contribution is 2.05. The summed E-state index contributed by atoms with van der Waals surface area (Å²) in [6, 6.07) is 0.453. The van der Waals surface area contributed by atoms with E-state index in [1.165, 1.54) is 32.5 Å². The molecule has 0 spiro atoms. The molecule has 0 amide bonds. The average Bonchev–Trinajstić information content (AvgIpc) is 2.57. The van der Waals surface area contributed by atoms with Crippen molar-refractivity contribution in [2.75, 3.05) is 32.1 Å². The fraction of sp³-hybridized carbons (Fsp3) is 1.00. The maximum absolute atomic E-state index is 5.67. The molecule has 1 fully saturated rings. The Morgan fingerprint density at radius 3 is 2.67 bits per heavy atom. The van der Waals surface area contributed by atoms with E-state index >= 15 is 0 Å². The van der Waals surface area contributed by atoms with Crippen LogP contribution < -0.4 is 5.32 Å². The minimum absolute atomic E-state index is 0.453. The van der Waals surface area contributed by atoms with Crippen molar-refractivity contribution >= 4 is 11.6 Å². The highest BCUT2D eigenvalue weighted by atomic mass is 35.5. The van der Waals surface area contributed by atoms with E-state index < -0.39 is 0 Å². The summed E-state index contributed by atoms with van der Waals surface area (Å²) in [4.78, 5) is 2.51. The number of nitrogens with zero attached hydrogens (tertiary/aromatic N) is 1. The first kappa shape index (κ1) is 10.3. The van der Waals surface area contributed by atoms with E-state index in [-0.39, 0.29) is 0 Å². The molecule has 1 atom stereocenters. The number of likely N-dealkylation sites (tertiary alicyclic amines) is 1. The molecule has 0 saturated carbocycles. The van der Waals surface area contributed by atoms with E-state index in [0.717, 1.165) is 6.54 Å². The van der Waals surface area contributed by atoms with Crippen molar-refractivity contribution in [3.63, 3.8) is 0 Å². The Morgan fingerprint density at radius 1 is 1.42 bits per heavy atom. The smallest absolute Gasteiger partial charge is 0.0374 e. The zero-order valence-corrected chi connectivity index (χ0v) is 8.61. The van der Waals surface area contributed by atoms with Crippen LogP contribution in [-0.2, 0) is 0 Å². The van der Waals surface area contributed by atoms with Crippen LogP contribution in [0, 0.1) is 0 Å². The van der Waals surface area contributed by atoms with Gasteiger partial charge in [0.25, 0.3) is 0 Å². The van der Waals surface area contributed by atoms with Gasteiger partial charge in [0, 0.05) is 25.0 Å². The first-order valence-electron chi connectivity index (χ1n) is 4.84. The highest BCUT2D eigenvalue weighted by molar-refractivity contribution is 6.18. The largest absolute Gasteiger partial charge is 0.312 e. The lowest BCUT2D eigenvalue weighted by atomic mass is 10.4. The quantitative estimate of drug-likeness (QED) is 0.658. The van der Waals surface area contributed by atoms with E-state index in [4.69, 9.17) is 11.6 Å². The minimum atomic E-state index is 0.453. The van der Waals surface area contributed by atoms with Crippen LogP contribution in [0.25, 0.3) is 0 Å². The van der Waals surface area contributed by atoms with Crippen molar-refractivity contribution in [3.05, 3.63) is 0 Å². The summed E-state index contributed by atoms with van der Waals surface area (Å²) in [7, 11) is 0.